The Kier molecular flexibility index (Phi) is 3.66. The van der Waals surface area contributed by atoms with Crippen molar-refractivity contribution in [2.45, 2.75) is 72.0 Å². The molecule has 0 heterocycles. The smallest absolute Gasteiger partial charge is 0.0704 e. The maximum absolute atomic E-state index is 11.4. The van der Waals surface area contributed by atoms with Gasteiger partial charge in [-0.3, -0.25) is 0 Å². The van der Waals surface area contributed by atoms with Crippen LogP contribution in [0.5, 0.6) is 0 Å². The van der Waals surface area contributed by atoms with Crippen LogP contribution >= 0.6 is 0 Å². The third kappa shape index (κ3) is 1.99. The third-order valence-corrected chi connectivity index (χ3v) is 7.46. The Balaban J connectivity index is 2.06. The van der Waals surface area contributed by atoms with Gasteiger partial charge in [-0.2, -0.15) is 0 Å². The van der Waals surface area contributed by atoms with Crippen LogP contribution in [0.1, 0.15) is 60.3 Å². The molecule has 2 N–H and O–H groups in total. The number of aliphatic hydroxyl groups is 2. The molecule has 3 aliphatic carbocycles. The molecule has 0 bridgehead atoms. The molecule has 2 heteroatoms. The molecule has 0 spiro atoms. The van der Waals surface area contributed by atoms with Crippen molar-refractivity contribution in [1.29, 1.82) is 0 Å². The van der Waals surface area contributed by atoms with Crippen molar-refractivity contribution in [2.24, 2.45) is 28.6 Å². The zero-order valence-corrected chi connectivity index (χ0v) is 14.8. The van der Waals surface area contributed by atoms with Crippen molar-refractivity contribution >= 4 is 0 Å². The fourth-order valence-electron chi connectivity index (χ4n) is 5.85. The standard InChI is InChI=1S/C20H32O2/c1-13(2)20(22)12-11-19(5)15(20)8-10-18(4)9-6-7-14(3)16(18)17(19)21/h6-7,9,13,15-17,21-22H,8,10-12H2,1-5H3/t15-,16+,17-,18-,19+,20-/m1/s1. The molecular formula is C20H32O2. The molecule has 0 saturated heterocycles. The molecule has 2 nitrogen and oxygen atoms in total. The summed E-state index contributed by atoms with van der Waals surface area (Å²) < 4.78 is 0. The van der Waals surface area contributed by atoms with Crippen molar-refractivity contribution in [2.75, 3.05) is 0 Å². The second-order valence-electron chi connectivity index (χ2n) is 8.94. The van der Waals surface area contributed by atoms with Crippen LogP contribution in [0, 0.1) is 28.6 Å². The highest BCUT2D eigenvalue weighted by molar-refractivity contribution is 5.29. The molecule has 0 aliphatic heterocycles. The summed E-state index contributed by atoms with van der Waals surface area (Å²) in [5, 5.41) is 22.7. The first kappa shape index (κ1) is 16.3. The average Bonchev–Trinajstić information content (AvgIpc) is 2.66. The van der Waals surface area contributed by atoms with Crippen molar-refractivity contribution in [3.63, 3.8) is 0 Å². The monoisotopic (exact) mass is 304 g/mol. The summed E-state index contributed by atoms with van der Waals surface area (Å²) in [4.78, 5) is 0. The molecule has 3 aliphatic rings. The Morgan fingerprint density at radius 3 is 2.50 bits per heavy atom. The van der Waals surface area contributed by atoms with Crippen LogP contribution in [-0.2, 0) is 0 Å². The van der Waals surface area contributed by atoms with E-state index in [0.29, 0.717) is 0 Å². The van der Waals surface area contributed by atoms with E-state index in [9.17, 15) is 10.2 Å². The molecule has 124 valence electrons. The highest BCUT2D eigenvalue weighted by atomic mass is 16.3. The van der Waals surface area contributed by atoms with Gasteiger partial charge in [-0.25, -0.2) is 0 Å². The van der Waals surface area contributed by atoms with E-state index in [4.69, 9.17) is 0 Å². The number of rotatable bonds is 1. The molecule has 2 fully saturated rings. The van der Waals surface area contributed by atoms with Crippen LogP contribution < -0.4 is 0 Å². The van der Waals surface area contributed by atoms with E-state index >= 15 is 0 Å². The van der Waals surface area contributed by atoms with E-state index in [2.05, 4.69) is 52.8 Å². The Morgan fingerprint density at radius 2 is 1.86 bits per heavy atom. The van der Waals surface area contributed by atoms with E-state index in [1.165, 1.54) is 5.57 Å². The summed E-state index contributed by atoms with van der Waals surface area (Å²) in [6, 6.07) is 0. The van der Waals surface area contributed by atoms with Crippen molar-refractivity contribution < 1.29 is 10.2 Å². The quantitative estimate of drug-likeness (QED) is 0.766. The first-order valence-corrected chi connectivity index (χ1v) is 8.91. The van der Waals surface area contributed by atoms with Crippen molar-refractivity contribution in [3.05, 3.63) is 23.8 Å². The average molecular weight is 304 g/mol. The molecule has 3 rings (SSSR count). The van der Waals surface area contributed by atoms with Crippen LogP contribution in [0.3, 0.4) is 0 Å². The highest BCUT2D eigenvalue weighted by Gasteiger charge is 2.62. The third-order valence-electron chi connectivity index (χ3n) is 7.46. The largest absolute Gasteiger partial charge is 0.392 e. The fourth-order valence-corrected chi connectivity index (χ4v) is 5.85. The van der Waals surface area contributed by atoms with Crippen LogP contribution in [0.15, 0.2) is 23.8 Å². The molecule has 22 heavy (non-hydrogen) atoms. The topological polar surface area (TPSA) is 40.5 Å². The van der Waals surface area contributed by atoms with Gasteiger partial charge in [0.1, 0.15) is 0 Å². The Hall–Kier alpha value is -0.600. The summed E-state index contributed by atoms with van der Waals surface area (Å²) in [7, 11) is 0. The van der Waals surface area contributed by atoms with E-state index in [1.807, 2.05) is 0 Å². The molecule has 0 unspecified atom stereocenters. The molecule has 0 aromatic carbocycles. The predicted molar refractivity (Wildman–Crippen MR) is 90.4 cm³/mol. The number of fused-ring (bicyclic) bond motifs is 2. The summed E-state index contributed by atoms with van der Waals surface area (Å²) in [6.45, 7) is 10.9. The van der Waals surface area contributed by atoms with Crippen LogP contribution in [0.4, 0.5) is 0 Å². The van der Waals surface area contributed by atoms with Gasteiger partial charge in [0.2, 0.25) is 0 Å². The maximum Gasteiger partial charge on any atom is 0.0704 e. The predicted octanol–water partition coefficient (Wildman–Crippen LogP) is 4.08. The number of hydrogen-bond donors (Lipinski definition) is 2. The van der Waals surface area contributed by atoms with Crippen molar-refractivity contribution in [1.82, 2.24) is 0 Å². The lowest BCUT2D eigenvalue weighted by atomic mass is 9.62. The Bertz CT molecular complexity index is 520. The molecule has 0 aromatic heterocycles. The normalized spacial score (nSPS) is 51.3. The van der Waals surface area contributed by atoms with Gasteiger partial charge in [0.05, 0.1) is 11.7 Å². The summed E-state index contributed by atoms with van der Waals surface area (Å²) in [5.41, 5.74) is 0.505. The van der Waals surface area contributed by atoms with E-state index in [-0.39, 0.29) is 34.7 Å². The second-order valence-corrected chi connectivity index (χ2v) is 8.94. The lowest BCUT2D eigenvalue weighted by molar-refractivity contribution is -0.0947. The number of aliphatic hydroxyl groups excluding tert-OH is 1. The molecule has 2 saturated carbocycles. The lowest BCUT2D eigenvalue weighted by Gasteiger charge is -2.45. The highest BCUT2D eigenvalue weighted by Crippen LogP contribution is 2.62. The van der Waals surface area contributed by atoms with Crippen LogP contribution in [-0.4, -0.2) is 21.9 Å². The zero-order chi connectivity index (χ0) is 16.3. The van der Waals surface area contributed by atoms with E-state index in [0.717, 1.165) is 25.7 Å². The number of hydrogen-bond acceptors (Lipinski definition) is 2. The summed E-state index contributed by atoms with van der Waals surface area (Å²) in [5.74, 6) is 0.618. The van der Waals surface area contributed by atoms with Gasteiger partial charge in [-0.05, 0) is 55.3 Å². The van der Waals surface area contributed by atoms with Gasteiger partial charge < -0.3 is 10.2 Å². The van der Waals surface area contributed by atoms with Gasteiger partial charge in [0.25, 0.3) is 0 Å². The minimum atomic E-state index is -0.624. The SMILES string of the molecule is CC1=CC=C[C@]2(C)CC[C@@H]3[C@](C)(CC[C@@]3(O)C(C)C)[C@H](O)[C@H]12. The fraction of sp³-hybridized carbons (Fsp3) is 0.800. The minimum absolute atomic E-state index is 0.0174. The summed E-state index contributed by atoms with van der Waals surface area (Å²) >= 11 is 0. The molecule has 6 atom stereocenters. The van der Waals surface area contributed by atoms with Gasteiger partial charge in [-0.1, -0.05) is 51.5 Å². The van der Waals surface area contributed by atoms with Crippen LogP contribution in [0.2, 0.25) is 0 Å². The zero-order valence-electron chi connectivity index (χ0n) is 14.8. The minimum Gasteiger partial charge on any atom is -0.392 e. The molecule has 0 radical (unpaired) electrons. The molecule has 0 aromatic rings. The number of allylic oxidation sites excluding steroid dienone is 3. The van der Waals surface area contributed by atoms with Crippen molar-refractivity contribution in [3.8, 4) is 0 Å². The van der Waals surface area contributed by atoms with Gasteiger partial charge in [-0.15, -0.1) is 0 Å². The van der Waals surface area contributed by atoms with Gasteiger partial charge in [0.15, 0.2) is 0 Å². The van der Waals surface area contributed by atoms with E-state index < -0.39 is 5.60 Å². The first-order valence-electron chi connectivity index (χ1n) is 8.91. The van der Waals surface area contributed by atoms with Crippen LogP contribution in [0.25, 0.3) is 0 Å². The maximum atomic E-state index is 11.4. The van der Waals surface area contributed by atoms with E-state index in [1.54, 1.807) is 0 Å². The van der Waals surface area contributed by atoms with Gasteiger partial charge >= 0.3 is 0 Å². The Morgan fingerprint density at radius 1 is 1.18 bits per heavy atom. The van der Waals surface area contributed by atoms with Gasteiger partial charge in [0, 0.05) is 5.92 Å². The summed E-state index contributed by atoms with van der Waals surface area (Å²) in [6.07, 6.45) is 10.0. The Labute approximate surface area is 135 Å². The first-order chi connectivity index (χ1) is 10.2. The lowest BCUT2D eigenvalue weighted by Crippen LogP contribution is -2.49. The second kappa shape index (κ2) is 4.95. The molecular weight excluding hydrogens is 272 g/mol. The molecule has 0 amide bonds.